The molecule has 7 nitrogen and oxygen atoms in total. The monoisotopic (exact) mass is 484 g/mol. The summed E-state index contributed by atoms with van der Waals surface area (Å²) in [5.41, 5.74) is 4.54. The Morgan fingerprint density at radius 1 is 1.00 bits per heavy atom. The van der Waals surface area contributed by atoms with Crippen molar-refractivity contribution in [3.8, 4) is 11.1 Å². The number of alkyl carbamates (subject to hydrolysis) is 1. The smallest absolute Gasteiger partial charge is 0.407 e. The lowest BCUT2D eigenvalue weighted by Gasteiger charge is -2.23. The van der Waals surface area contributed by atoms with Gasteiger partial charge in [-0.3, -0.25) is 9.59 Å². The number of ether oxygens (including phenoxy) is 1. The maximum absolute atomic E-state index is 12.8. The average Bonchev–Trinajstić information content (AvgIpc) is 3.16. The van der Waals surface area contributed by atoms with Gasteiger partial charge < -0.3 is 20.5 Å². The maximum Gasteiger partial charge on any atom is 0.407 e. The molecular weight excluding hydrogens is 452 g/mol. The van der Waals surface area contributed by atoms with Gasteiger partial charge in [0.2, 0.25) is 5.91 Å². The molecule has 8 heteroatoms. The molecule has 1 unspecified atom stereocenters. The minimum Gasteiger partial charge on any atom is -0.481 e. The van der Waals surface area contributed by atoms with E-state index in [-0.39, 0.29) is 30.9 Å². The van der Waals surface area contributed by atoms with Gasteiger partial charge in [-0.2, -0.15) is 11.8 Å². The van der Waals surface area contributed by atoms with Crippen molar-refractivity contribution in [1.29, 1.82) is 0 Å². The lowest BCUT2D eigenvalue weighted by Crippen LogP contribution is -2.50. The first-order valence-electron chi connectivity index (χ1n) is 11.6. The molecule has 0 saturated carbocycles. The van der Waals surface area contributed by atoms with Crippen LogP contribution in [0.2, 0.25) is 0 Å². The number of hydrogen-bond acceptors (Lipinski definition) is 5. The van der Waals surface area contributed by atoms with Gasteiger partial charge in [-0.25, -0.2) is 4.79 Å². The molecule has 2 aromatic rings. The van der Waals surface area contributed by atoms with E-state index >= 15 is 0 Å². The Morgan fingerprint density at radius 3 is 2.18 bits per heavy atom. The number of thioether (sulfide) groups is 1. The fourth-order valence-corrected chi connectivity index (χ4v) is 4.74. The zero-order chi connectivity index (χ0) is 24.5. The highest BCUT2D eigenvalue weighted by atomic mass is 32.2. The van der Waals surface area contributed by atoms with Crippen LogP contribution in [0.3, 0.4) is 0 Å². The molecule has 34 heavy (non-hydrogen) atoms. The topological polar surface area (TPSA) is 105 Å². The van der Waals surface area contributed by atoms with E-state index in [4.69, 9.17) is 9.84 Å². The zero-order valence-electron chi connectivity index (χ0n) is 19.6. The molecule has 0 fully saturated rings. The van der Waals surface area contributed by atoms with Crippen LogP contribution >= 0.6 is 11.8 Å². The highest BCUT2D eigenvalue weighted by molar-refractivity contribution is 7.98. The minimum atomic E-state index is -0.900. The van der Waals surface area contributed by atoms with Crippen LogP contribution in [0, 0.1) is 0 Å². The standard InChI is InChI=1S/C26H32N2O5S/c1-3-17(12-13-24(29)30)27-25(31)23(14-15-34-2)28-26(32)33-16-22-20-10-6-4-8-18(20)19-9-5-7-11-21(19)22/h4-11,17,22-23H,3,12-16H2,1-2H3,(H,27,31)(H,28,32)(H,29,30)/t17?,23-/m1/s1. The highest BCUT2D eigenvalue weighted by Crippen LogP contribution is 2.44. The van der Waals surface area contributed by atoms with Crippen molar-refractivity contribution < 1.29 is 24.2 Å². The zero-order valence-corrected chi connectivity index (χ0v) is 20.4. The summed E-state index contributed by atoms with van der Waals surface area (Å²) in [6.45, 7) is 2.07. The van der Waals surface area contributed by atoms with Gasteiger partial charge in [-0.1, -0.05) is 55.5 Å². The first kappa shape index (κ1) is 25.6. The van der Waals surface area contributed by atoms with Crippen LogP contribution in [0.15, 0.2) is 48.5 Å². The summed E-state index contributed by atoms with van der Waals surface area (Å²) < 4.78 is 5.60. The van der Waals surface area contributed by atoms with Crippen LogP contribution < -0.4 is 10.6 Å². The maximum atomic E-state index is 12.8. The van der Waals surface area contributed by atoms with Gasteiger partial charge in [-0.05, 0) is 53.5 Å². The summed E-state index contributed by atoms with van der Waals surface area (Å²) >= 11 is 1.58. The van der Waals surface area contributed by atoms with Gasteiger partial charge in [0, 0.05) is 18.4 Å². The fourth-order valence-electron chi connectivity index (χ4n) is 4.26. The fraction of sp³-hybridized carbons (Fsp3) is 0.423. The second-order valence-corrected chi connectivity index (χ2v) is 9.34. The molecule has 1 aliphatic rings. The molecule has 0 bridgehead atoms. The molecule has 2 amide bonds. The van der Waals surface area contributed by atoms with Crippen molar-refractivity contribution in [2.75, 3.05) is 18.6 Å². The summed E-state index contributed by atoms with van der Waals surface area (Å²) in [5, 5.41) is 14.5. The second-order valence-electron chi connectivity index (χ2n) is 8.35. The SMILES string of the molecule is CCC(CCC(=O)O)NC(=O)[C@@H](CCSC)NC(=O)OCC1c2ccccc2-c2ccccc21. The Bertz CT molecular complexity index is 967. The number of amides is 2. The van der Waals surface area contributed by atoms with E-state index in [0.717, 1.165) is 22.3 Å². The molecule has 3 N–H and O–H groups in total. The van der Waals surface area contributed by atoms with E-state index in [0.29, 0.717) is 25.0 Å². The van der Waals surface area contributed by atoms with Crippen LogP contribution in [0.5, 0.6) is 0 Å². The molecular formula is C26H32N2O5S. The average molecular weight is 485 g/mol. The number of benzene rings is 2. The van der Waals surface area contributed by atoms with E-state index in [9.17, 15) is 14.4 Å². The van der Waals surface area contributed by atoms with Crippen molar-refractivity contribution >= 4 is 29.7 Å². The molecule has 2 atom stereocenters. The summed E-state index contributed by atoms with van der Waals surface area (Å²) in [5.74, 6) is -0.589. The van der Waals surface area contributed by atoms with E-state index < -0.39 is 18.1 Å². The summed E-state index contributed by atoms with van der Waals surface area (Å²) in [6, 6.07) is 15.2. The molecule has 0 heterocycles. The van der Waals surface area contributed by atoms with Gasteiger partial charge in [0.15, 0.2) is 0 Å². The first-order chi connectivity index (χ1) is 16.4. The molecule has 2 aromatic carbocycles. The molecule has 3 rings (SSSR count). The van der Waals surface area contributed by atoms with Crippen LogP contribution in [0.4, 0.5) is 4.79 Å². The summed E-state index contributed by atoms with van der Waals surface area (Å²) in [4.78, 5) is 36.4. The van der Waals surface area contributed by atoms with Gasteiger partial charge in [0.05, 0.1) is 0 Å². The molecule has 0 spiro atoms. The number of rotatable bonds is 12. The summed E-state index contributed by atoms with van der Waals surface area (Å²) in [7, 11) is 0. The number of carbonyl (C=O) groups is 3. The molecule has 0 aliphatic heterocycles. The molecule has 1 aliphatic carbocycles. The van der Waals surface area contributed by atoms with E-state index in [1.165, 1.54) is 0 Å². The lowest BCUT2D eigenvalue weighted by molar-refractivity contribution is -0.137. The molecule has 0 saturated heterocycles. The second kappa shape index (κ2) is 12.5. The Labute approximate surface area is 204 Å². The predicted octanol–water partition coefficient (Wildman–Crippen LogP) is 4.41. The van der Waals surface area contributed by atoms with Crippen LogP contribution in [-0.2, 0) is 14.3 Å². The van der Waals surface area contributed by atoms with Crippen molar-refractivity contribution in [3.05, 3.63) is 59.7 Å². The Hall–Kier alpha value is -3.00. The van der Waals surface area contributed by atoms with Gasteiger partial charge >= 0.3 is 12.1 Å². The quantitative estimate of drug-likeness (QED) is 0.412. The van der Waals surface area contributed by atoms with Crippen LogP contribution in [0.1, 0.15) is 49.7 Å². The largest absolute Gasteiger partial charge is 0.481 e. The number of nitrogens with one attached hydrogen (secondary N) is 2. The van der Waals surface area contributed by atoms with E-state index in [1.54, 1.807) is 11.8 Å². The van der Waals surface area contributed by atoms with Crippen LogP contribution in [0.25, 0.3) is 11.1 Å². The van der Waals surface area contributed by atoms with Gasteiger partial charge in [0.25, 0.3) is 0 Å². The van der Waals surface area contributed by atoms with Crippen molar-refractivity contribution in [2.45, 2.75) is 50.6 Å². The lowest BCUT2D eigenvalue weighted by atomic mass is 9.98. The molecule has 0 aromatic heterocycles. The number of hydrogen-bond donors (Lipinski definition) is 3. The number of carboxylic acids is 1. The predicted molar refractivity (Wildman–Crippen MR) is 134 cm³/mol. The van der Waals surface area contributed by atoms with E-state index in [2.05, 4.69) is 34.9 Å². The van der Waals surface area contributed by atoms with E-state index in [1.807, 2.05) is 37.4 Å². The number of aliphatic carboxylic acids is 1. The first-order valence-corrected chi connectivity index (χ1v) is 13.0. The van der Waals surface area contributed by atoms with Crippen molar-refractivity contribution in [1.82, 2.24) is 10.6 Å². The third-order valence-electron chi connectivity index (χ3n) is 6.11. The molecule has 182 valence electrons. The third kappa shape index (κ3) is 6.53. The minimum absolute atomic E-state index is 0.0198. The highest BCUT2D eigenvalue weighted by Gasteiger charge is 2.30. The third-order valence-corrected chi connectivity index (χ3v) is 6.75. The van der Waals surface area contributed by atoms with Gasteiger partial charge in [0.1, 0.15) is 12.6 Å². The normalized spacial score (nSPS) is 13.9. The Kier molecular flexibility index (Phi) is 9.39. The number of fused-ring (bicyclic) bond motifs is 3. The number of carboxylic acid groups (broad SMARTS) is 1. The Morgan fingerprint density at radius 2 is 1.62 bits per heavy atom. The van der Waals surface area contributed by atoms with Crippen molar-refractivity contribution in [3.63, 3.8) is 0 Å². The Balaban J connectivity index is 1.62. The molecule has 0 radical (unpaired) electrons. The van der Waals surface area contributed by atoms with Crippen LogP contribution in [-0.4, -0.2) is 53.8 Å². The van der Waals surface area contributed by atoms with Gasteiger partial charge in [-0.15, -0.1) is 0 Å². The number of carbonyl (C=O) groups excluding carboxylic acids is 2. The van der Waals surface area contributed by atoms with Crippen molar-refractivity contribution in [2.24, 2.45) is 0 Å². The summed E-state index contributed by atoms with van der Waals surface area (Å²) in [6.07, 6.45) is 2.68.